The van der Waals surface area contributed by atoms with Crippen molar-refractivity contribution in [2.24, 2.45) is 11.3 Å². The molecule has 0 heterocycles. The van der Waals surface area contributed by atoms with E-state index >= 15 is 0 Å². The Morgan fingerprint density at radius 3 is 1.95 bits per heavy atom. The molecule has 2 nitrogen and oxygen atoms in total. The standard InChI is InChI=1S/C19H40N2/c1-16(2)17(3)21(7)15-19(14-20-18(4,5)6)12-10-8-9-11-13-19/h16-17,20H,8-15H2,1-7H3. The van der Waals surface area contributed by atoms with Crippen LogP contribution in [0.25, 0.3) is 0 Å². The molecule has 1 rings (SSSR count). The van der Waals surface area contributed by atoms with Gasteiger partial charge in [-0.3, -0.25) is 0 Å². The molecule has 0 amide bonds. The molecule has 21 heavy (non-hydrogen) atoms. The Balaban J connectivity index is 2.75. The van der Waals surface area contributed by atoms with Crippen molar-refractivity contribution >= 4 is 0 Å². The number of nitrogens with one attached hydrogen (secondary N) is 1. The first-order valence-corrected chi connectivity index (χ1v) is 9.10. The van der Waals surface area contributed by atoms with Crippen LogP contribution in [0.4, 0.5) is 0 Å². The minimum absolute atomic E-state index is 0.224. The first-order chi connectivity index (χ1) is 9.65. The lowest BCUT2D eigenvalue weighted by Crippen LogP contribution is -2.50. The summed E-state index contributed by atoms with van der Waals surface area (Å²) in [6.07, 6.45) is 8.48. The van der Waals surface area contributed by atoms with Crippen molar-refractivity contribution in [1.82, 2.24) is 10.2 Å². The van der Waals surface area contributed by atoms with Crippen molar-refractivity contribution in [2.45, 2.75) is 91.6 Å². The van der Waals surface area contributed by atoms with Crippen molar-refractivity contribution in [3.8, 4) is 0 Å². The highest BCUT2D eigenvalue weighted by molar-refractivity contribution is 4.89. The summed E-state index contributed by atoms with van der Waals surface area (Å²) in [4.78, 5) is 2.61. The van der Waals surface area contributed by atoms with E-state index in [4.69, 9.17) is 0 Å². The van der Waals surface area contributed by atoms with Gasteiger partial charge in [-0.15, -0.1) is 0 Å². The van der Waals surface area contributed by atoms with Crippen molar-refractivity contribution in [3.63, 3.8) is 0 Å². The monoisotopic (exact) mass is 296 g/mol. The van der Waals surface area contributed by atoms with E-state index in [9.17, 15) is 0 Å². The Bertz CT molecular complexity index is 282. The lowest BCUT2D eigenvalue weighted by molar-refractivity contribution is 0.0969. The average Bonchev–Trinajstić information content (AvgIpc) is 2.61. The third-order valence-corrected chi connectivity index (χ3v) is 5.40. The van der Waals surface area contributed by atoms with Gasteiger partial charge >= 0.3 is 0 Å². The lowest BCUT2D eigenvalue weighted by Gasteiger charge is -2.41. The minimum Gasteiger partial charge on any atom is -0.311 e. The number of nitrogens with zero attached hydrogens (tertiary/aromatic N) is 1. The van der Waals surface area contributed by atoms with Gasteiger partial charge in [0, 0.05) is 24.7 Å². The quantitative estimate of drug-likeness (QED) is 0.715. The second-order valence-corrected chi connectivity index (χ2v) is 8.92. The maximum atomic E-state index is 3.81. The summed E-state index contributed by atoms with van der Waals surface area (Å²) in [6, 6.07) is 0.666. The topological polar surface area (TPSA) is 15.3 Å². The van der Waals surface area contributed by atoms with E-state index in [1.54, 1.807) is 0 Å². The van der Waals surface area contributed by atoms with E-state index in [1.807, 2.05) is 0 Å². The van der Waals surface area contributed by atoms with Crippen LogP contribution in [0.5, 0.6) is 0 Å². The highest BCUT2D eigenvalue weighted by Crippen LogP contribution is 2.36. The lowest BCUT2D eigenvalue weighted by atomic mass is 9.78. The summed E-state index contributed by atoms with van der Waals surface area (Å²) in [6.45, 7) is 16.4. The third kappa shape index (κ3) is 6.69. The maximum Gasteiger partial charge on any atom is 0.00967 e. The molecule has 0 aromatic heterocycles. The SMILES string of the molecule is CC(C)C(C)N(C)CC1(CNC(C)(C)C)CCCCCC1. The largest absolute Gasteiger partial charge is 0.311 e. The van der Waals surface area contributed by atoms with Crippen LogP contribution in [-0.2, 0) is 0 Å². The van der Waals surface area contributed by atoms with Crippen molar-refractivity contribution in [3.05, 3.63) is 0 Å². The maximum absolute atomic E-state index is 3.81. The van der Waals surface area contributed by atoms with Crippen LogP contribution in [0.2, 0.25) is 0 Å². The Morgan fingerprint density at radius 2 is 1.52 bits per heavy atom. The molecular weight excluding hydrogens is 256 g/mol. The van der Waals surface area contributed by atoms with Crippen LogP contribution in [0.1, 0.15) is 80.1 Å². The molecule has 1 unspecified atom stereocenters. The van der Waals surface area contributed by atoms with Crippen LogP contribution in [0.15, 0.2) is 0 Å². The summed E-state index contributed by atoms with van der Waals surface area (Å²) < 4.78 is 0. The fourth-order valence-electron chi connectivity index (χ4n) is 3.50. The third-order valence-electron chi connectivity index (χ3n) is 5.40. The van der Waals surface area contributed by atoms with Gasteiger partial charge in [-0.1, -0.05) is 39.5 Å². The van der Waals surface area contributed by atoms with Gasteiger partial charge in [0.15, 0.2) is 0 Å². The molecular formula is C19H40N2. The normalized spacial score (nSPS) is 21.6. The van der Waals surface area contributed by atoms with Gasteiger partial charge < -0.3 is 10.2 Å². The Labute approximate surface area is 134 Å². The summed E-state index contributed by atoms with van der Waals surface area (Å²) in [5.74, 6) is 0.730. The predicted molar refractivity (Wildman–Crippen MR) is 94.8 cm³/mol. The zero-order chi connectivity index (χ0) is 16.1. The summed E-state index contributed by atoms with van der Waals surface area (Å²) >= 11 is 0. The smallest absolute Gasteiger partial charge is 0.00967 e. The second kappa shape index (κ2) is 7.97. The Kier molecular flexibility index (Phi) is 7.19. The molecule has 1 atom stereocenters. The van der Waals surface area contributed by atoms with Gasteiger partial charge in [-0.05, 0) is 58.9 Å². The highest BCUT2D eigenvalue weighted by atomic mass is 15.1. The molecule has 0 bridgehead atoms. The van der Waals surface area contributed by atoms with Crippen molar-refractivity contribution in [1.29, 1.82) is 0 Å². The molecule has 0 aromatic carbocycles. The molecule has 1 aliphatic carbocycles. The van der Waals surface area contributed by atoms with Gasteiger partial charge in [-0.25, -0.2) is 0 Å². The molecule has 1 N–H and O–H groups in total. The van der Waals surface area contributed by atoms with Gasteiger partial charge in [0.1, 0.15) is 0 Å². The average molecular weight is 297 g/mol. The molecule has 2 heteroatoms. The summed E-state index contributed by atoms with van der Waals surface area (Å²) in [5, 5.41) is 3.81. The van der Waals surface area contributed by atoms with E-state index in [0.29, 0.717) is 11.5 Å². The fourth-order valence-corrected chi connectivity index (χ4v) is 3.50. The van der Waals surface area contributed by atoms with Crippen molar-refractivity contribution < 1.29 is 0 Å². The van der Waals surface area contributed by atoms with Crippen molar-refractivity contribution in [2.75, 3.05) is 20.1 Å². The van der Waals surface area contributed by atoms with Crippen LogP contribution in [-0.4, -0.2) is 36.6 Å². The number of rotatable bonds is 6. The van der Waals surface area contributed by atoms with E-state index in [0.717, 1.165) is 5.92 Å². The molecule has 0 radical (unpaired) electrons. The molecule has 126 valence electrons. The van der Waals surface area contributed by atoms with E-state index in [1.165, 1.54) is 51.6 Å². The molecule has 0 saturated heterocycles. The number of hydrogen-bond acceptors (Lipinski definition) is 2. The van der Waals surface area contributed by atoms with E-state index in [2.05, 4.69) is 58.8 Å². The van der Waals surface area contributed by atoms with Crippen LogP contribution < -0.4 is 5.32 Å². The first kappa shape index (κ1) is 19.0. The Morgan fingerprint density at radius 1 is 1.00 bits per heavy atom. The Hall–Kier alpha value is -0.0800. The van der Waals surface area contributed by atoms with Crippen LogP contribution in [0.3, 0.4) is 0 Å². The molecule has 1 fully saturated rings. The fraction of sp³-hybridized carbons (Fsp3) is 1.00. The number of hydrogen-bond donors (Lipinski definition) is 1. The van der Waals surface area contributed by atoms with Gasteiger partial charge in [0.2, 0.25) is 0 Å². The van der Waals surface area contributed by atoms with E-state index in [-0.39, 0.29) is 5.54 Å². The predicted octanol–water partition coefficient (Wildman–Crippen LogP) is 4.69. The summed E-state index contributed by atoms with van der Waals surface area (Å²) in [7, 11) is 2.33. The molecule has 0 spiro atoms. The summed E-state index contributed by atoms with van der Waals surface area (Å²) in [5.41, 5.74) is 0.698. The minimum atomic E-state index is 0.224. The first-order valence-electron chi connectivity index (χ1n) is 9.10. The highest BCUT2D eigenvalue weighted by Gasteiger charge is 2.34. The molecule has 0 aromatic rings. The molecule has 0 aliphatic heterocycles. The van der Waals surface area contributed by atoms with Gasteiger partial charge in [-0.2, -0.15) is 0 Å². The molecule has 1 saturated carbocycles. The van der Waals surface area contributed by atoms with Crippen LogP contribution in [0, 0.1) is 11.3 Å². The zero-order valence-electron chi connectivity index (χ0n) is 15.8. The van der Waals surface area contributed by atoms with Crippen LogP contribution >= 0.6 is 0 Å². The zero-order valence-corrected chi connectivity index (χ0v) is 15.8. The second-order valence-electron chi connectivity index (χ2n) is 8.92. The molecule has 1 aliphatic rings. The van der Waals surface area contributed by atoms with Gasteiger partial charge in [0.25, 0.3) is 0 Å². The van der Waals surface area contributed by atoms with E-state index < -0.39 is 0 Å². The van der Waals surface area contributed by atoms with Gasteiger partial charge in [0.05, 0.1) is 0 Å².